The molecule has 182 valence electrons. The second-order valence-corrected chi connectivity index (χ2v) is 6.69. The molecule has 0 saturated carbocycles. The van der Waals surface area contributed by atoms with Gasteiger partial charge in [0.05, 0.1) is 6.61 Å². The summed E-state index contributed by atoms with van der Waals surface area (Å²) in [6.07, 6.45) is 2.20. The molecule has 0 fully saturated rings. The lowest BCUT2D eigenvalue weighted by Crippen LogP contribution is -2.59. The smallest absolute Gasteiger partial charge is 0.381 e. The molecule has 0 rings (SSSR count). The van der Waals surface area contributed by atoms with Crippen molar-refractivity contribution in [2.45, 2.75) is 82.5 Å². The van der Waals surface area contributed by atoms with Crippen molar-refractivity contribution < 1.29 is 54.2 Å². The third kappa shape index (κ3) is 9.86. The summed E-state index contributed by atoms with van der Waals surface area (Å²) in [5.41, 5.74) is 0. The number of esters is 2. The van der Waals surface area contributed by atoms with Gasteiger partial charge in [0.2, 0.25) is 0 Å². The van der Waals surface area contributed by atoms with Crippen LogP contribution in [0.15, 0.2) is 12.2 Å². The van der Waals surface area contributed by atoms with Gasteiger partial charge in [0.15, 0.2) is 6.61 Å². The van der Waals surface area contributed by atoms with Gasteiger partial charge in [0, 0.05) is 12.8 Å². The molecule has 31 heavy (non-hydrogen) atoms. The molecular formula is C19H26F8O4. The van der Waals surface area contributed by atoms with Gasteiger partial charge in [-0.3, -0.25) is 9.59 Å². The van der Waals surface area contributed by atoms with Gasteiger partial charge in [-0.15, -0.1) is 0 Å². The summed E-state index contributed by atoms with van der Waals surface area (Å²) in [4.78, 5) is 22.7. The number of carbonyl (C=O) groups is 2. The Hall–Kier alpha value is -1.88. The van der Waals surface area contributed by atoms with Crippen molar-refractivity contribution in [1.82, 2.24) is 0 Å². The summed E-state index contributed by atoms with van der Waals surface area (Å²) in [6, 6.07) is 0. The van der Waals surface area contributed by atoms with Gasteiger partial charge in [-0.25, -0.2) is 8.78 Å². The zero-order chi connectivity index (χ0) is 24.1. The van der Waals surface area contributed by atoms with Gasteiger partial charge in [-0.1, -0.05) is 31.9 Å². The molecule has 0 aromatic carbocycles. The fourth-order valence-corrected chi connectivity index (χ4v) is 2.15. The fraction of sp³-hybridized carbons (Fsp3) is 0.789. The van der Waals surface area contributed by atoms with Crippen molar-refractivity contribution >= 4 is 11.9 Å². The molecule has 0 heterocycles. The minimum Gasteiger partial charge on any atom is -0.465 e. The van der Waals surface area contributed by atoms with Crippen LogP contribution in [0.5, 0.6) is 0 Å². The summed E-state index contributed by atoms with van der Waals surface area (Å²) in [7, 11) is 0. The highest BCUT2D eigenvalue weighted by Gasteiger charge is 2.75. The van der Waals surface area contributed by atoms with Crippen molar-refractivity contribution in [2.75, 3.05) is 13.2 Å². The van der Waals surface area contributed by atoms with Gasteiger partial charge < -0.3 is 9.47 Å². The molecule has 0 radical (unpaired) electrons. The van der Waals surface area contributed by atoms with Gasteiger partial charge in [0.1, 0.15) is 0 Å². The Kier molecular flexibility index (Phi) is 12.7. The predicted molar refractivity (Wildman–Crippen MR) is 94.5 cm³/mol. The summed E-state index contributed by atoms with van der Waals surface area (Å²) < 4.78 is 110. The summed E-state index contributed by atoms with van der Waals surface area (Å²) >= 11 is 0. The van der Waals surface area contributed by atoms with Crippen LogP contribution in [0.1, 0.15) is 58.3 Å². The van der Waals surface area contributed by atoms with Gasteiger partial charge >= 0.3 is 36.1 Å². The van der Waals surface area contributed by atoms with Crippen LogP contribution < -0.4 is 0 Å². The minimum atomic E-state index is -6.44. The highest BCUT2D eigenvalue weighted by atomic mass is 19.4. The van der Waals surface area contributed by atoms with E-state index >= 15 is 0 Å². The Bertz CT molecular complexity index is 579. The van der Waals surface area contributed by atoms with Crippen LogP contribution >= 0.6 is 0 Å². The molecule has 0 aromatic rings. The van der Waals surface area contributed by atoms with Crippen LogP contribution in [0.2, 0.25) is 0 Å². The molecule has 0 spiro atoms. The van der Waals surface area contributed by atoms with Crippen LogP contribution in [-0.2, 0) is 19.1 Å². The quantitative estimate of drug-likeness (QED) is 0.121. The molecule has 0 amide bonds. The zero-order valence-electron chi connectivity index (χ0n) is 17.0. The molecule has 12 heteroatoms. The van der Waals surface area contributed by atoms with E-state index < -0.39 is 49.2 Å². The maximum atomic E-state index is 13.2. The summed E-state index contributed by atoms with van der Waals surface area (Å²) in [5, 5.41) is 0. The standard InChI is InChI=1S/C19H26F8O4/c1-2-3-4-5-6-7-8-12-30-14(28)10-9-11-15(29)31-13-17(22,23)19(26,27)18(24,25)16(20)21/h6-7,16H,2-5,8-13H2,1H3/b7-6-. The number of halogens is 8. The first-order valence-corrected chi connectivity index (χ1v) is 9.67. The SMILES string of the molecule is CCCCC/C=C\CCOC(=O)CCCC(=O)OCC(F)(F)C(F)(F)C(F)(F)C(F)F. The molecule has 0 unspecified atom stereocenters. The molecule has 0 aliphatic carbocycles. The lowest BCUT2D eigenvalue weighted by Gasteiger charge is -2.31. The van der Waals surface area contributed by atoms with E-state index in [-0.39, 0.29) is 19.4 Å². The minimum absolute atomic E-state index is 0.0905. The summed E-state index contributed by atoms with van der Waals surface area (Å²) in [5.74, 6) is -20.7. The number of hydrogen-bond acceptors (Lipinski definition) is 4. The second-order valence-electron chi connectivity index (χ2n) is 6.69. The molecule has 0 atom stereocenters. The largest absolute Gasteiger partial charge is 0.465 e. The Balaban J connectivity index is 4.17. The first-order valence-electron chi connectivity index (χ1n) is 9.67. The van der Waals surface area contributed by atoms with Gasteiger partial charge in [-0.2, -0.15) is 26.3 Å². The van der Waals surface area contributed by atoms with E-state index in [0.29, 0.717) is 6.42 Å². The van der Waals surface area contributed by atoms with Crippen LogP contribution in [0, 0.1) is 0 Å². The average molecular weight is 470 g/mol. The molecule has 0 aliphatic heterocycles. The third-order valence-corrected chi connectivity index (χ3v) is 4.02. The van der Waals surface area contributed by atoms with Crippen molar-refractivity contribution in [3.8, 4) is 0 Å². The maximum absolute atomic E-state index is 13.2. The number of ether oxygens (including phenoxy) is 2. The monoisotopic (exact) mass is 470 g/mol. The number of carbonyl (C=O) groups excluding carboxylic acids is 2. The van der Waals surface area contributed by atoms with Gasteiger partial charge in [-0.05, 0) is 25.7 Å². The van der Waals surface area contributed by atoms with Gasteiger partial charge in [0.25, 0.3) is 0 Å². The second kappa shape index (κ2) is 13.5. The maximum Gasteiger partial charge on any atom is 0.381 e. The van der Waals surface area contributed by atoms with Crippen molar-refractivity contribution in [1.29, 1.82) is 0 Å². The van der Waals surface area contributed by atoms with E-state index in [1.165, 1.54) is 0 Å². The van der Waals surface area contributed by atoms with E-state index in [2.05, 4.69) is 11.7 Å². The Morgan fingerprint density at radius 1 is 0.839 bits per heavy atom. The van der Waals surface area contributed by atoms with E-state index in [4.69, 9.17) is 4.74 Å². The van der Waals surface area contributed by atoms with E-state index in [0.717, 1.165) is 25.7 Å². The van der Waals surface area contributed by atoms with E-state index in [9.17, 15) is 44.7 Å². The van der Waals surface area contributed by atoms with Crippen LogP contribution in [0.25, 0.3) is 0 Å². The number of hydrogen-bond donors (Lipinski definition) is 0. The Labute approximate surface area is 174 Å². The first-order chi connectivity index (χ1) is 14.3. The molecule has 0 aromatic heterocycles. The summed E-state index contributed by atoms with van der Waals surface area (Å²) in [6.45, 7) is -0.349. The molecule has 0 saturated heterocycles. The highest BCUT2D eigenvalue weighted by Crippen LogP contribution is 2.48. The Morgan fingerprint density at radius 3 is 1.94 bits per heavy atom. The van der Waals surface area contributed by atoms with E-state index in [1.54, 1.807) is 0 Å². The number of allylic oxidation sites excluding steroid dienone is 1. The number of rotatable bonds is 16. The van der Waals surface area contributed by atoms with Crippen LogP contribution in [-0.4, -0.2) is 49.3 Å². The lowest BCUT2D eigenvalue weighted by atomic mass is 10.1. The lowest BCUT2D eigenvalue weighted by molar-refractivity contribution is -0.344. The topological polar surface area (TPSA) is 52.6 Å². The van der Waals surface area contributed by atoms with E-state index in [1.807, 2.05) is 12.2 Å². The molecule has 0 aliphatic rings. The molecular weight excluding hydrogens is 444 g/mol. The number of alkyl halides is 8. The molecule has 0 bridgehead atoms. The molecule has 0 N–H and O–H groups in total. The third-order valence-electron chi connectivity index (χ3n) is 4.02. The predicted octanol–water partition coefficient (Wildman–Crippen LogP) is 5.94. The highest BCUT2D eigenvalue weighted by molar-refractivity contribution is 5.72. The van der Waals surface area contributed by atoms with Crippen LogP contribution in [0.4, 0.5) is 35.1 Å². The average Bonchev–Trinajstić information content (AvgIpc) is 2.68. The van der Waals surface area contributed by atoms with Crippen molar-refractivity contribution in [2.24, 2.45) is 0 Å². The Morgan fingerprint density at radius 2 is 1.39 bits per heavy atom. The van der Waals surface area contributed by atoms with Crippen LogP contribution in [0.3, 0.4) is 0 Å². The number of unbranched alkanes of at least 4 members (excludes halogenated alkanes) is 3. The molecule has 4 nitrogen and oxygen atoms in total. The normalized spacial score (nSPS) is 13.1. The van der Waals surface area contributed by atoms with Crippen molar-refractivity contribution in [3.05, 3.63) is 12.2 Å². The first kappa shape index (κ1) is 29.1. The zero-order valence-corrected chi connectivity index (χ0v) is 17.0. The van der Waals surface area contributed by atoms with Crippen molar-refractivity contribution in [3.63, 3.8) is 0 Å². The fourth-order valence-electron chi connectivity index (χ4n) is 2.15.